The number of halogens is 1. The van der Waals surface area contributed by atoms with Crippen molar-refractivity contribution in [3.05, 3.63) is 83.1 Å². The van der Waals surface area contributed by atoms with Crippen LogP contribution in [0.4, 0.5) is 5.69 Å². The van der Waals surface area contributed by atoms with Crippen LogP contribution in [0.3, 0.4) is 0 Å². The van der Waals surface area contributed by atoms with Crippen LogP contribution in [0.1, 0.15) is 36.9 Å². The van der Waals surface area contributed by atoms with Crippen LogP contribution >= 0.6 is 11.6 Å². The average Bonchev–Trinajstić information content (AvgIpc) is 3.52. The Morgan fingerprint density at radius 3 is 2.28 bits per heavy atom. The second-order valence-electron chi connectivity index (χ2n) is 8.73. The van der Waals surface area contributed by atoms with E-state index >= 15 is 0 Å². The van der Waals surface area contributed by atoms with Gasteiger partial charge in [-0.05, 0) is 92.7 Å². The van der Waals surface area contributed by atoms with Gasteiger partial charge in [-0.1, -0.05) is 35.7 Å². The van der Waals surface area contributed by atoms with Gasteiger partial charge in [0.05, 0.1) is 0 Å². The highest BCUT2D eigenvalue weighted by atomic mass is 35.5. The first kappa shape index (κ1) is 21.1. The van der Waals surface area contributed by atoms with Gasteiger partial charge in [-0.3, -0.25) is 0 Å². The largest absolute Gasteiger partial charge is 0.367 e. The van der Waals surface area contributed by atoms with E-state index in [1.165, 1.54) is 51.0 Å². The molecule has 2 saturated heterocycles. The molecule has 2 aliphatic heterocycles. The van der Waals surface area contributed by atoms with Crippen LogP contribution in [0, 0.1) is 11.8 Å². The molecule has 32 heavy (non-hydrogen) atoms. The van der Waals surface area contributed by atoms with Gasteiger partial charge in [0.25, 0.3) is 0 Å². The number of likely N-dealkylation sites (tertiary alicyclic amines) is 1. The zero-order chi connectivity index (χ0) is 21.8. The molecule has 0 saturated carbocycles. The molecule has 162 valence electrons. The van der Waals surface area contributed by atoms with Crippen molar-refractivity contribution in [3.8, 4) is 23.0 Å². The lowest BCUT2D eigenvalue weighted by molar-refractivity contribution is 0.314. The summed E-state index contributed by atoms with van der Waals surface area (Å²) in [5.41, 5.74) is 5.28. The molecule has 0 aliphatic carbocycles. The predicted octanol–water partition coefficient (Wildman–Crippen LogP) is 5.87. The summed E-state index contributed by atoms with van der Waals surface area (Å²) in [5, 5.41) is 0.738. The number of benzene rings is 2. The Hall–Kier alpha value is -2.80. The summed E-state index contributed by atoms with van der Waals surface area (Å²) in [6, 6.07) is 21.2. The second-order valence-corrected chi connectivity index (χ2v) is 9.17. The van der Waals surface area contributed by atoms with Gasteiger partial charge in [0.1, 0.15) is 5.69 Å². The van der Waals surface area contributed by atoms with Crippen LogP contribution in [-0.2, 0) is 0 Å². The molecular weight excluding hydrogens is 414 g/mol. The first-order valence-electron chi connectivity index (χ1n) is 11.6. The lowest BCUT2D eigenvalue weighted by Gasteiger charge is -2.30. The maximum atomic E-state index is 5.97. The summed E-state index contributed by atoms with van der Waals surface area (Å²) < 4.78 is 0. The van der Waals surface area contributed by atoms with Crippen LogP contribution < -0.4 is 4.90 Å². The monoisotopic (exact) mass is 441 g/mol. The van der Waals surface area contributed by atoms with E-state index < -0.39 is 0 Å². The van der Waals surface area contributed by atoms with Gasteiger partial charge in [-0.25, -0.2) is 4.98 Å². The smallest absolute Gasteiger partial charge is 0.113 e. The molecule has 2 aliphatic rings. The number of rotatable bonds is 4. The van der Waals surface area contributed by atoms with E-state index in [4.69, 9.17) is 11.6 Å². The van der Waals surface area contributed by atoms with Gasteiger partial charge in [0.15, 0.2) is 0 Å². The van der Waals surface area contributed by atoms with E-state index in [1.54, 1.807) is 0 Å². The summed E-state index contributed by atoms with van der Waals surface area (Å²) in [6.45, 7) is 4.91. The summed E-state index contributed by atoms with van der Waals surface area (Å²) in [7, 11) is 0. The third-order valence-corrected chi connectivity index (χ3v) is 6.77. The maximum absolute atomic E-state index is 5.97. The Balaban J connectivity index is 1.24. The average molecular weight is 442 g/mol. The fourth-order valence-electron chi connectivity index (χ4n) is 4.78. The molecule has 1 aromatic heterocycles. The fraction of sp³-hybridized carbons (Fsp3) is 0.321. The molecule has 3 heterocycles. The van der Waals surface area contributed by atoms with Crippen molar-refractivity contribution >= 4 is 17.3 Å². The van der Waals surface area contributed by atoms with Gasteiger partial charge in [0.2, 0.25) is 0 Å². The molecule has 5 rings (SSSR count). The fourth-order valence-corrected chi connectivity index (χ4v) is 4.91. The lowest BCUT2D eigenvalue weighted by Crippen LogP contribution is -2.39. The molecule has 4 heteroatoms. The molecule has 2 aromatic carbocycles. The predicted molar refractivity (Wildman–Crippen MR) is 133 cm³/mol. The van der Waals surface area contributed by atoms with E-state index in [-0.39, 0.29) is 0 Å². The summed E-state index contributed by atoms with van der Waals surface area (Å²) in [5.74, 6) is 6.45. The molecule has 0 N–H and O–H groups in total. The molecule has 3 aromatic rings. The minimum absolute atomic E-state index is 0.647. The topological polar surface area (TPSA) is 19.4 Å². The standard InChI is InChI=1S/C28H28ClN3/c29-25-11-8-23(9-12-25)24-10-14-26(30-20-24)13-5-22-6-15-27(16-7-22)32-19-3-4-28(32)21-31-17-1-2-18-31/h6-12,14-16,20,28H,1-4,17-19,21H2. The first-order valence-corrected chi connectivity index (χ1v) is 12.0. The third-order valence-electron chi connectivity index (χ3n) is 6.52. The van der Waals surface area contributed by atoms with E-state index in [0.29, 0.717) is 6.04 Å². The number of hydrogen-bond acceptors (Lipinski definition) is 3. The van der Waals surface area contributed by atoms with Gasteiger partial charge in [-0.15, -0.1) is 0 Å². The Morgan fingerprint density at radius 2 is 1.56 bits per heavy atom. The number of aromatic nitrogens is 1. The molecule has 3 nitrogen and oxygen atoms in total. The summed E-state index contributed by atoms with van der Waals surface area (Å²) >= 11 is 5.97. The Morgan fingerprint density at radius 1 is 0.812 bits per heavy atom. The van der Waals surface area contributed by atoms with Crippen LogP contribution in [-0.4, -0.2) is 42.1 Å². The zero-order valence-electron chi connectivity index (χ0n) is 18.3. The summed E-state index contributed by atoms with van der Waals surface area (Å²) in [6.07, 6.45) is 7.18. The van der Waals surface area contributed by atoms with Gasteiger partial charge < -0.3 is 9.80 Å². The highest BCUT2D eigenvalue weighted by Crippen LogP contribution is 2.27. The lowest BCUT2D eigenvalue weighted by atomic mass is 10.1. The van der Waals surface area contributed by atoms with Crippen molar-refractivity contribution < 1.29 is 0 Å². The van der Waals surface area contributed by atoms with E-state index in [9.17, 15) is 0 Å². The van der Waals surface area contributed by atoms with Crippen molar-refractivity contribution in [2.24, 2.45) is 0 Å². The minimum Gasteiger partial charge on any atom is -0.367 e. The quantitative estimate of drug-likeness (QED) is 0.472. The SMILES string of the molecule is Clc1ccc(-c2ccc(C#Cc3ccc(N4CCCC4CN4CCCC4)cc3)nc2)cc1. The van der Waals surface area contributed by atoms with E-state index in [0.717, 1.165) is 34.0 Å². The van der Waals surface area contributed by atoms with Gasteiger partial charge in [-0.2, -0.15) is 0 Å². The molecule has 2 fully saturated rings. The number of anilines is 1. The molecular formula is C28H28ClN3. The number of nitrogens with zero attached hydrogens (tertiary/aromatic N) is 3. The third kappa shape index (κ3) is 4.99. The second kappa shape index (κ2) is 9.77. The van der Waals surface area contributed by atoms with Crippen molar-refractivity contribution in [1.82, 2.24) is 9.88 Å². The number of hydrogen-bond donors (Lipinski definition) is 0. The molecule has 0 bridgehead atoms. The molecule has 0 spiro atoms. The van der Waals surface area contributed by atoms with Crippen molar-refractivity contribution in [3.63, 3.8) is 0 Å². The Labute approximate surface area is 196 Å². The highest BCUT2D eigenvalue weighted by molar-refractivity contribution is 6.30. The molecule has 1 unspecified atom stereocenters. The van der Waals surface area contributed by atoms with Crippen LogP contribution in [0.15, 0.2) is 66.9 Å². The molecule has 1 atom stereocenters. The first-order chi connectivity index (χ1) is 15.7. The van der Waals surface area contributed by atoms with Crippen molar-refractivity contribution in [2.75, 3.05) is 31.1 Å². The highest BCUT2D eigenvalue weighted by Gasteiger charge is 2.27. The van der Waals surface area contributed by atoms with Crippen LogP contribution in [0.25, 0.3) is 11.1 Å². The van der Waals surface area contributed by atoms with E-state index in [1.807, 2.05) is 36.5 Å². The Bertz CT molecular complexity index is 1090. The molecule has 0 amide bonds. The molecule has 0 radical (unpaired) electrons. The summed E-state index contributed by atoms with van der Waals surface area (Å²) in [4.78, 5) is 9.74. The zero-order valence-corrected chi connectivity index (χ0v) is 19.1. The normalized spacial score (nSPS) is 18.5. The maximum Gasteiger partial charge on any atom is 0.113 e. The van der Waals surface area contributed by atoms with E-state index in [2.05, 4.69) is 57.0 Å². The number of pyridine rings is 1. The van der Waals surface area contributed by atoms with Gasteiger partial charge >= 0.3 is 0 Å². The van der Waals surface area contributed by atoms with Crippen molar-refractivity contribution in [2.45, 2.75) is 31.7 Å². The van der Waals surface area contributed by atoms with Crippen LogP contribution in [0.5, 0.6) is 0 Å². The van der Waals surface area contributed by atoms with Crippen molar-refractivity contribution in [1.29, 1.82) is 0 Å². The van der Waals surface area contributed by atoms with Crippen LogP contribution in [0.2, 0.25) is 5.02 Å². The Kier molecular flexibility index (Phi) is 6.44. The minimum atomic E-state index is 0.647. The van der Waals surface area contributed by atoms with Gasteiger partial charge in [0, 0.05) is 47.2 Å².